The molecule has 0 unspecified atom stereocenters. The van der Waals surface area contributed by atoms with Gasteiger partial charge in [0, 0.05) is 47.5 Å². The second-order valence-corrected chi connectivity index (χ2v) is 22.1. The van der Waals surface area contributed by atoms with Crippen LogP contribution in [0.1, 0.15) is 90.0 Å². The van der Waals surface area contributed by atoms with Crippen LogP contribution >= 0.6 is 0 Å². The van der Waals surface area contributed by atoms with E-state index in [0.29, 0.717) is 46.2 Å². The van der Waals surface area contributed by atoms with Gasteiger partial charge in [0.2, 0.25) is 0 Å². The van der Waals surface area contributed by atoms with Crippen LogP contribution in [-0.2, 0) is 20.1 Å². The smallest absolute Gasteiger partial charge is 0.121 e. The molecule has 0 N–H and O–H groups in total. The maximum Gasteiger partial charge on any atom is 0.121 e. The topological polar surface area (TPSA) is 38.9 Å². The first kappa shape index (κ1) is 31.6. The summed E-state index contributed by atoms with van der Waals surface area (Å²) in [5.41, 5.74) is 5.88. The predicted molar refractivity (Wildman–Crippen MR) is 238 cm³/mol. The standard InChI is InChI=1S/C37H34NO.C15H18NSi.Ir/c1-24-23-38-34(21-31(24)26-14-18-37(19-15-26)16-5-2-6-17-37)30-11-7-10-29-33-20-27-13-12-25-8-3-4-9-28(25)32(27)22-35(33)39-36(29)30;1-12-5-7-13(8-6-12)15-11-14(9-10-16-15)17(2,3)4;/h3-4,7-10,12-13,20-23,26H,2,5-6,14-19H2,1H3;5-7,9-11H,1-4H3;/q2*-1;/i1D3,26D;1D3;. The SMILES string of the molecule is [2H]C([2H])([2H])c1c[c-]c(-c2cc([Si](C)(C)C)ccn2)cc1.[2H]C([2H])([2H])c1cnc(-c2[c-]ccc3c2oc2cc4c(ccc5ccccc54)cc23)cc1C1([2H])CCC2(CCCCC2)CC1.[Ir]. The van der Waals surface area contributed by atoms with E-state index in [2.05, 4.69) is 102 Å². The molecule has 57 heavy (non-hydrogen) atoms. The van der Waals surface area contributed by atoms with Crippen molar-refractivity contribution in [3.63, 3.8) is 0 Å². The molecule has 3 heterocycles. The van der Waals surface area contributed by atoms with E-state index >= 15 is 0 Å². The fourth-order valence-electron chi connectivity index (χ4n) is 9.10. The van der Waals surface area contributed by atoms with E-state index < -0.39 is 27.7 Å². The van der Waals surface area contributed by atoms with Crippen LogP contribution in [0.4, 0.5) is 0 Å². The normalized spacial score (nSPS) is 18.6. The third-order valence-corrected chi connectivity index (χ3v) is 14.4. The first-order chi connectivity index (χ1) is 29.9. The van der Waals surface area contributed by atoms with Crippen LogP contribution in [0.2, 0.25) is 19.6 Å². The molecule has 1 radical (unpaired) electrons. The zero-order valence-electron chi connectivity index (χ0n) is 39.9. The van der Waals surface area contributed by atoms with E-state index in [-0.39, 0.29) is 25.7 Å². The molecule has 10 rings (SSSR count). The summed E-state index contributed by atoms with van der Waals surface area (Å²) in [6, 6.07) is 38.2. The monoisotopic (exact) mass is 948 g/mol. The van der Waals surface area contributed by atoms with Gasteiger partial charge in [-0.05, 0) is 119 Å². The molecule has 0 amide bonds. The van der Waals surface area contributed by atoms with E-state index in [0.717, 1.165) is 51.2 Å². The minimum absolute atomic E-state index is 0. The molecule has 5 heteroatoms. The van der Waals surface area contributed by atoms with Crippen LogP contribution in [0, 0.1) is 31.3 Å². The van der Waals surface area contributed by atoms with E-state index in [9.17, 15) is 1.37 Å². The first-order valence-corrected chi connectivity index (χ1v) is 23.6. The fraction of sp³-hybridized carbons (Fsp3) is 0.308. The molecule has 1 spiro atoms. The first-order valence-electron chi connectivity index (χ1n) is 23.6. The maximum absolute atomic E-state index is 9.63. The average molecular weight is 948 g/mol. The number of rotatable bonds is 4. The molecule has 3 aromatic heterocycles. The summed E-state index contributed by atoms with van der Waals surface area (Å²) >= 11 is 0. The largest absolute Gasteiger partial charge is 0.501 e. The van der Waals surface area contributed by atoms with Crippen LogP contribution in [0.5, 0.6) is 0 Å². The Morgan fingerprint density at radius 2 is 1.58 bits per heavy atom. The predicted octanol–water partition coefficient (Wildman–Crippen LogP) is 14.1. The Morgan fingerprint density at radius 3 is 2.35 bits per heavy atom. The number of benzene rings is 5. The van der Waals surface area contributed by atoms with Gasteiger partial charge in [0.05, 0.1) is 13.7 Å². The van der Waals surface area contributed by atoms with E-state index in [1.54, 1.807) is 12.1 Å². The van der Waals surface area contributed by atoms with Gasteiger partial charge in [-0.25, -0.2) is 0 Å². The Balaban J connectivity index is 0.000000225. The van der Waals surface area contributed by atoms with Crippen molar-refractivity contribution >= 4 is 56.7 Å². The van der Waals surface area contributed by atoms with Crippen LogP contribution in [0.15, 0.2) is 114 Å². The summed E-state index contributed by atoms with van der Waals surface area (Å²) in [6.07, 6.45) is 13.0. The van der Waals surface area contributed by atoms with Crippen molar-refractivity contribution in [1.82, 2.24) is 9.97 Å². The number of aryl methyl sites for hydroxylation is 2. The Labute approximate surface area is 362 Å². The minimum atomic E-state index is -2.34. The summed E-state index contributed by atoms with van der Waals surface area (Å²) in [6.45, 7) is 2.43. The average Bonchev–Trinajstić information content (AvgIpc) is 3.64. The zero-order valence-corrected chi connectivity index (χ0v) is 36.3. The Morgan fingerprint density at radius 1 is 0.754 bits per heavy atom. The van der Waals surface area contributed by atoms with Gasteiger partial charge in [-0.2, -0.15) is 0 Å². The van der Waals surface area contributed by atoms with Crippen molar-refractivity contribution in [2.45, 2.75) is 97.0 Å². The number of aromatic nitrogens is 2. The van der Waals surface area contributed by atoms with Crippen LogP contribution in [0.25, 0.3) is 66.0 Å². The summed E-state index contributed by atoms with van der Waals surface area (Å²) in [7, 11) is -1.38. The molecule has 291 valence electrons. The molecular weight excluding hydrogens is 889 g/mol. The van der Waals surface area contributed by atoms with E-state index in [4.69, 9.17) is 12.6 Å². The third kappa shape index (κ3) is 7.92. The summed E-state index contributed by atoms with van der Waals surface area (Å²) < 4.78 is 63.2. The summed E-state index contributed by atoms with van der Waals surface area (Å²) in [4.78, 5) is 9.03. The molecule has 2 aliphatic carbocycles. The Hall–Kier alpha value is -4.41. The second kappa shape index (κ2) is 16.1. The van der Waals surface area contributed by atoms with Gasteiger partial charge in [-0.3, -0.25) is 0 Å². The molecule has 2 saturated carbocycles. The molecule has 0 saturated heterocycles. The van der Waals surface area contributed by atoms with Gasteiger partial charge in [0.25, 0.3) is 0 Å². The van der Waals surface area contributed by atoms with Gasteiger partial charge in [-0.15, -0.1) is 53.6 Å². The second-order valence-electron chi connectivity index (χ2n) is 17.0. The number of pyridine rings is 2. The van der Waals surface area contributed by atoms with E-state index in [1.165, 1.54) is 60.3 Å². The molecule has 3 nitrogen and oxygen atoms in total. The summed E-state index contributed by atoms with van der Waals surface area (Å²) in [5, 5.41) is 7.98. The van der Waals surface area contributed by atoms with Gasteiger partial charge < -0.3 is 14.4 Å². The van der Waals surface area contributed by atoms with Crippen molar-refractivity contribution in [3.05, 3.63) is 138 Å². The fourth-order valence-corrected chi connectivity index (χ4v) is 10.2. The van der Waals surface area contributed by atoms with Crippen LogP contribution in [-0.4, -0.2) is 18.0 Å². The molecule has 2 aliphatic rings. The molecule has 0 aliphatic heterocycles. The van der Waals surface area contributed by atoms with Crippen molar-refractivity contribution in [2.24, 2.45) is 5.41 Å². The maximum atomic E-state index is 9.63. The van der Waals surface area contributed by atoms with Crippen molar-refractivity contribution < 1.29 is 34.1 Å². The van der Waals surface area contributed by atoms with Crippen molar-refractivity contribution in [1.29, 1.82) is 0 Å². The molecule has 0 atom stereocenters. The van der Waals surface area contributed by atoms with Crippen LogP contribution < -0.4 is 5.19 Å². The van der Waals surface area contributed by atoms with Crippen molar-refractivity contribution in [2.75, 3.05) is 0 Å². The number of furan rings is 1. The minimum Gasteiger partial charge on any atom is -0.501 e. The zero-order chi connectivity index (χ0) is 44.4. The van der Waals surface area contributed by atoms with Gasteiger partial charge >= 0.3 is 0 Å². The molecule has 8 aromatic rings. The third-order valence-electron chi connectivity index (χ3n) is 12.4. The molecule has 2 fully saturated rings. The molecule has 0 bridgehead atoms. The number of fused-ring (bicyclic) bond motifs is 6. The Bertz CT molecular complexity index is 2970. The van der Waals surface area contributed by atoms with Gasteiger partial charge in [-0.1, -0.05) is 110 Å². The quantitative estimate of drug-likeness (QED) is 0.100. The van der Waals surface area contributed by atoms with Crippen molar-refractivity contribution in [3.8, 4) is 22.5 Å². The molecular formula is C52H52IrN2OSi-2. The number of hydrogen-bond acceptors (Lipinski definition) is 3. The Kier molecular flexibility index (Phi) is 8.91. The molecule has 5 aromatic carbocycles. The van der Waals surface area contributed by atoms with E-state index in [1.807, 2.05) is 24.4 Å². The van der Waals surface area contributed by atoms with Gasteiger partial charge in [0.15, 0.2) is 0 Å². The number of hydrogen-bond donors (Lipinski definition) is 0. The van der Waals surface area contributed by atoms with Gasteiger partial charge in [0.1, 0.15) is 5.58 Å². The summed E-state index contributed by atoms with van der Waals surface area (Å²) in [5.74, 6) is -0.954. The number of nitrogens with zero attached hydrogens (tertiary/aromatic N) is 2. The van der Waals surface area contributed by atoms with Crippen LogP contribution in [0.3, 0.4) is 0 Å².